The molecule has 11 nitrogen and oxygen atoms in total. The van der Waals surface area contributed by atoms with Gasteiger partial charge in [-0.25, -0.2) is 10.1 Å². The summed E-state index contributed by atoms with van der Waals surface area (Å²) in [6, 6.07) is 14.3. The van der Waals surface area contributed by atoms with Crippen LogP contribution in [0.5, 0.6) is 5.75 Å². The second-order valence-electron chi connectivity index (χ2n) is 6.66. The SMILES string of the molecule is Cc1ccc(SCc2c(C(=O)NN=Cc3ccc(O)cc3)nnn2-c2nonc2N)cc1. The van der Waals surface area contributed by atoms with Crippen LogP contribution in [0.25, 0.3) is 5.82 Å². The monoisotopic (exact) mass is 450 g/mol. The van der Waals surface area contributed by atoms with E-state index in [1.165, 1.54) is 34.8 Å². The average Bonchev–Trinajstić information content (AvgIpc) is 3.40. The number of aromatic hydroxyl groups is 1. The Morgan fingerprint density at radius 1 is 1.22 bits per heavy atom. The number of phenols is 1. The molecule has 0 aliphatic carbocycles. The molecule has 2 aromatic carbocycles. The van der Waals surface area contributed by atoms with E-state index in [0.29, 0.717) is 17.0 Å². The summed E-state index contributed by atoms with van der Waals surface area (Å²) in [5.41, 5.74) is 10.6. The lowest BCUT2D eigenvalue weighted by Gasteiger charge is -2.06. The molecule has 0 radical (unpaired) electrons. The zero-order chi connectivity index (χ0) is 22.5. The second kappa shape index (κ2) is 9.31. The van der Waals surface area contributed by atoms with Gasteiger partial charge in [-0.1, -0.05) is 22.9 Å². The first-order valence-electron chi connectivity index (χ1n) is 9.36. The van der Waals surface area contributed by atoms with Crippen LogP contribution in [-0.2, 0) is 5.75 Å². The largest absolute Gasteiger partial charge is 0.508 e. The van der Waals surface area contributed by atoms with Crippen molar-refractivity contribution in [2.45, 2.75) is 17.6 Å². The molecule has 0 fully saturated rings. The molecule has 4 rings (SSSR count). The van der Waals surface area contributed by atoms with Crippen LogP contribution in [0.1, 0.15) is 27.3 Å². The van der Waals surface area contributed by atoms with Crippen molar-refractivity contribution < 1.29 is 14.5 Å². The summed E-state index contributed by atoms with van der Waals surface area (Å²) in [5, 5.41) is 28.6. The lowest BCUT2D eigenvalue weighted by Crippen LogP contribution is -2.20. The number of aryl methyl sites for hydroxylation is 1. The van der Waals surface area contributed by atoms with E-state index in [-0.39, 0.29) is 23.1 Å². The number of nitrogens with one attached hydrogen (secondary N) is 1. The van der Waals surface area contributed by atoms with Crippen LogP contribution in [0.2, 0.25) is 0 Å². The number of nitrogens with zero attached hydrogens (tertiary/aromatic N) is 6. The van der Waals surface area contributed by atoms with Crippen LogP contribution >= 0.6 is 11.8 Å². The van der Waals surface area contributed by atoms with Gasteiger partial charge in [0.1, 0.15) is 5.75 Å². The summed E-state index contributed by atoms with van der Waals surface area (Å²) in [5.74, 6) is 0.102. The van der Waals surface area contributed by atoms with Crippen molar-refractivity contribution in [3.63, 3.8) is 0 Å². The van der Waals surface area contributed by atoms with Crippen molar-refractivity contribution in [3.05, 3.63) is 71.0 Å². The molecule has 0 spiro atoms. The number of carbonyl (C=O) groups excluding carboxylic acids is 1. The number of nitrogens with two attached hydrogens (primary N) is 1. The van der Waals surface area contributed by atoms with Crippen LogP contribution in [0.15, 0.2) is 63.2 Å². The van der Waals surface area contributed by atoms with E-state index in [1.807, 2.05) is 31.2 Å². The van der Waals surface area contributed by atoms with Gasteiger partial charge in [-0.2, -0.15) is 9.78 Å². The van der Waals surface area contributed by atoms with E-state index < -0.39 is 5.91 Å². The number of amides is 1. The first-order valence-corrected chi connectivity index (χ1v) is 10.3. The fourth-order valence-electron chi connectivity index (χ4n) is 2.68. The molecule has 2 aromatic heterocycles. The molecular weight excluding hydrogens is 432 g/mol. The topological polar surface area (TPSA) is 157 Å². The van der Waals surface area contributed by atoms with Gasteiger partial charge in [0, 0.05) is 10.6 Å². The number of hydrogen-bond acceptors (Lipinski definition) is 10. The van der Waals surface area contributed by atoms with Crippen molar-refractivity contribution in [1.82, 2.24) is 30.7 Å². The highest BCUT2D eigenvalue weighted by Gasteiger charge is 2.24. The van der Waals surface area contributed by atoms with Crippen LogP contribution in [-0.4, -0.2) is 42.5 Å². The Hall–Kier alpha value is -4.19. The van der Waals surface area contributed by atoms with E-state index >= 15 is 0 Å². The number of thioether (sulfide) groups is 1. The minimum absolute atomic E-state index is 0.0220. The van der Waals surface area contributed by atoms with E-state index in [0.717, 1.165) is 10.5 Å². The number of hydrogen-bond donors (Lipinski definition) is 3. The molecule has 1 amide bonds. The van der Waals surface area contributed by atoms with Gasteiger partial charge < -0.3 is 10.8 Å². The molecule has 0 saturated heterocycles. The van der Waals surface area contributed by atoms with Gasteiger partial charge in [0.25, 0.3) is 5.91 Å². The Balaban J connectivity index is 1.56. The van der Waals surface area contributed by atoms with E-state index in [9.17, 15) is 9.90 Å². The molecule has 0 saturated carbocycles. The number of anilines is 1. The smallest absolute Gasteiger partial charge is 0.293 e. The molecule has 12 heteroatoms. The van der Waals surface area contributed by atoms with Crippen LogP contribution < -0.4 is 11.2 Å². The van der Waals surface area contributed by atoms with Gasteiger partial charge in [-0.3, -0.25) is 4.79 Å². The van der Waals surface area contributed by atoms with E-state index in [2.05, 4.69) is 35.8 Å². The Bertz CT molecular complexity index is 1250. The van der Waals surface area contributed by atoms with Gasteiger partial charge in [0.05, 0.1) is 11.9 Å². The third-order valence-corrected chi connectivity index (χ3v) is 5.37. The fraction of sp³-hybridized carbons (Fsp3) is 0.100. The highest BCUT2D eigenvalue weighted by molar-refractivity contribution is 7.98. The predicted molar refractivity (Wildman–Crippen MR) is 118 cm³/mol. The number of rotatable bonds is 7. The van der Waals surface area contributed by atoms with Crippen molar-refractivity contribution in [2.24, 2.45) is 5.10 Å². The van der Waals surface area contributed by atoms with Gasteiger partial charge >= 0.3 is 0 Å². The van der Waals surface area contributed by atoms with Crippen molar-refractivity contribution in [1.29, 1.82) is 0 Å². The van der Waals surface area contributed by atoms with Crippen LogP contribution in [0.4, 0.5) is 5.82 Å². The fourth-order valence-corrected chi connectivity index (χ4v) is 3.57. The first kappa shape index (κ1) is 21.1. The van der Waals surface area contributed by atoms with Gasteiger partial charge in [0.2, 0.25) is 11.6 Å². The molecule has 0 atom stereocenters. The van der Waals surface area contributed by atoms with Crippen molar-refractivity contribution in [2.75, 3.05) is 5.73 Å². The summed E-state index contributed by atoms with van der Waals surface area (Å²) in [6.45, 7) is 2.01. The minimum Gasteiger partial charge on any atom is -0.508 e. The average molecular weight is 450 g/mol. The van der Waals surface area contributed by atoms with E-state index in [4.69, 9.17) is 5.73 Å². The van der Waals surface area contributed by atoms with Crippen molar-refractivity contribution >= 4 is 29.7 Å². The zero-order valence-electron chi connectivity index (χ0n) is 16.8. The quantitative estimate of drug-likeness (QED) is 0.218. The maximum absolute atomic E-state index is 12.8. The Morgan fingerprint density at radius 3 is 2.66 bits per heavy atom. The molecule has 162 valence electrons. The third-order valence-electron chi connectivity index (χ3n) is 4.34. The number of hydrazone groups is 1. The Morgan fingerprint density at radius 2 is 1.97 bits per heavy atom. The zero-order valence-corrected chi connectivity index (χ0v) is 17.7. The van der Waals surface area contributed by atoms with Gasteiger partial charge in [-0.05, 0) is 59.2 Å². The number of nitrogen functional groups attached to an aromatic ring is 1. The number of phenolic OH excluding ortho intramolecular Hbond substituents is 1. The first-order chi connectivity index (χ1) is 15.5. The Labute approximate surface area is 186 Å². The number of aromatic nitrogens is 5. The third kappa shape index (κ3) is 4.75. The van der Waals surface area contributed by atoms with E-state index in [1.54, 1.807) is 12.1 Å². The molecule has 4 N–H and O–H groups in total. The molecule has 4 aromatic rings. The summed E-state index contributed by atoms with van der Waals surface area (Å²) >= 11 is 1.50. The van der Waals surface area contributed by atoms with Gasteiger partial charge in [0.15, 0.2) is 5.69 Å². The van der Waals surface area contributed by atoms with Crippen LogP contribution in [0.3, 0.4) is 0 Å². The standard InChI is InChI=1S/C20H18N8O3S/c1-12-2-8-15(9-3-12)32-11-16-17(23-27-28(16)19-18(21)25-31-26-19)20(30)24-22-10-13-4-6-14(29)7-5-13/h2-10,29H,11H2,1H3,(H2,21,25)(H,24,30). The second-order valence-corrected chi connectivity index (χ2v) is 7.71. The maximum atomic E-state index is 12.8. The Kier molecular flexibility index (Phi) is 6.12. The normalized spacial score (nSPS) is 11.2. The summed E-state index contributed by atoms with van der Waals surface area (Å²) < 4.78 is 5.99. The molecule has 2 heterocycles. The molecule has 0 aliphatic rings. The molecule has 0 aliphatic heterocycles. The van der Waals surface area contributed by atoms with Gasteiger partial charge in [-0.15, -0.1) is 16.9 Å². The molecule has 32 heavy (non-hydrogen) atoms. The minimum atomic E-state index is -0.555. The number of carbonyl (C=O) groups is 1. The summed E-state index contributed by atoms with van der Waals surface area (Å²) in [4.78, 5) is 13.8. The molecule has 0 unspecified atom stereocenters. The molecule has 0 bridgehead atoms. The number of benzene rings is 2. The highest BCUT2D eigenvalue weighted by atomic mass is 32.2. The van der Waals surface area contributed by atoms with Crippen molar-refractivity contribution in [3.8, 4) is 11.6 Å². The summed E-state index contributed by atoms with van der Waals surface area (Å²) in [7, 11) is 0. The van der Waals surface area contributed by atoms with Crippen LogP contribution in [0, 0.1) is 6.92 Å². The highest BCUT2D eigenvalue weighted by Crippen LogP contribution is 2.26. The lowest BCUT2D eigenvalue weighted by atomic mass is 10.2. The summed E-state index contributed by atoms with van der Waals surface area (Å²) in [6.07, 6.45) is 1.45. The molecular formula is C20H18N8O3S. The predicted octanol–water partition coefficient (Wildman–Crippen LogP) is 2.30. The maximum Gasteiger partial charge on any atom is 0.293 e. The lowest BCUT2D eigenvalue weighted by molar-refractivity contribution is 0.0949.